The second-order valence-electron chi connectivity index (χ2n) is 4.42. The van der Waals surface area contributed by atoms with Gasteiger partial charge in [-0.05, 0) is 26.2 Å². The van der Waals surface area contributed by atoms with Gasteiger partial charge in [-0.25, -0.2) is 9.97 Å². The van der Waals surface area contributed by atoms with Gasteiger partial charge in [-0.3, -0.25) is 0 Å². The van der Waals surface area contributed by atoms with E-state index in [-0.39, 0.29) is 0 Å². The maximum Gasteiger partial charge on any atom is 0.133 e. The molecule has 0 unspecified atom stereocenters. The van der Waals surface area contributed by atoms with Crippen LogP contribution in [0.2, 0.25) is 0 Å². The van der Waals surface area contributed by atoms with Crippen molar-refractivity contribution in [2.75, 3.05) is 11.9 Å². The molecular weight excluding hydrogens is 198 g/mol. The molecule has 1 aromatic rings. The van der Waals surface area contributed by atoms with Crippen molar-refractivity contribution in [2.45, 2.75) is 53.4 Å². The molecule has 0 aromatic carbocycles. The summed E-state index contributed by atoms with van der Waals surface area (Å²) >= 11 is 0. The third kappa shape index (κ3) is 2.94. The van der Waals surface area contributed by atoms with Gasteiger partial charge in [0.1, 0.15) is 11.6 Å². The molecule has 0 aliphatic carbocycles. The molecule has 0 bridgehead atoms. The van der Waals surface area contributed by atoms with Crippen LogP contribution in [0, 0.1) is 6.92 Å². The molecule has 0 spiro atoms. The Kier molecular flexibility index (Phi) is 4.71. The Morgan fingerprint density at radius 1 is 1.19 bits per heavy atom. The summed E-state index contributed by atoms with van der Waals surface area (Å²) in [5.41, 5.74) is 2.37. The molecule has 16 heavy (non-hydrogen) atoms. The molecule has 3 nitrogen and oxygen atoms in total. The number of hydrogen-bond acceptors (Lipinski definition) is 3. The van der Waals surface area contributed by atoms with Gasteiger partial charge in [0, 0.05) is 24.2 Å². The minimum absolute atomic E-state index is 0.463. The molecule has 0 saturated carbocycles. The van der Waals surface area contributed by atoms with E-state index in [4.69, 9.17) is 0 Å². The number of anilines is 1. The average Bonchev–Trinajstić information content (AvgIpc) is 2.17. The normalized spacial score (nSPS) is 10.9. The fourth-order valence-electron chi connectivity index (χ4n) is 1.97. The van der Waals surface area contributed by atoms with Crippen molar-refractivity contribution in [3.8, 4) is 0 Å². The summed E-state index contributed by atoms with van der Waals surface area (Å²) in [5.74, 6) is 2.44. The van der Waals surface area contributed by atoms with Gasteiger partial charge in [0.25, 0.3) is 0 Å². The number of aromatic nitrogens is 2. The molecule has 0 aliphatic rings. The first kappa shape index (κ1) is 12.9. The Bertz CT molecular complexity index is 345. The van der Waals surface area contributed by atoms with Crippen molar-refractivity contribution in [3.63, 3.8) is 0 Å². The number of hydrogen-bond donors (Lipinski definition) is 1. The van der Waals surface area contributed by atoms with E-state index in [0.717, 1.165) is 36.7 Å². The first-order chi connectivity index (χ1) is 7.60. The van der Waals surface area contributed by atoms with Crippen LogP contribution in [0.4, 0.5) is 5.82 Å². The van der Waals surface area contributed by atoms with Crippen molar-refractivity contribution in [3.05, 3.63) is 17.1 Å². The van der Waals surface area contributed by atoms with Gasteiger partial charge >= 0.3 is 0 Å². The topological polar surface area (TPSA) is 37.8 Å². The Hall–Kier alpha value is -1.12. The summed E-state index contributed by atoms with van der Waals surface area (Å²) in [5, 5.41) is 3.35. The molecule has 0 atom stereocenters. The average molecular weight is 221 g/mol. The Labute approximate surface area is 98.7 Å². The quantitative estimate of drug-likeness (QED) is 0.829. The summed E-state index contributed by atoms with van der Waals surface area (Å²) in [4.78, 5) is 9.19. The van der Waals surface area contributed by atoms with E-state index in [1.807, 2.05) is 0 Å². The zero-order valence-corrected chi connectivity index (χ0v) is 11.1. The summed E-state index contributed by atoms with van der Waals surface area (Å²) in [6, 6.07) is 0. The predicted octanol–water partition coefficient (Wildman–Crippen LogP) is 3.29. The van der Waals surface area contributed by atoms with Crippen LogP contribution in [0.5, 0.6) is 0 Å². The molecule has 1 aromatic heterocycles. The van der Waals surface area contributed by atoms with E-state index in [1.165, 1.54) is 5.56 Å². The Balaban J connectivity index is 3.16. The molecule has 0 fully saturated rings. The molecule has 3 heteroatoms. The summed E-state index contributed by atoms with van der Waals surface area (Å²) < 4.78 is 0. The van der Waals surface area contributed by atoms with Crippen LogP contribution in [-0.4, -0.2) is 16.5 Å². The number of nitrogens with one attached hydrogen (secondary N) is 1. The van der Waals surface area contributed by atoms with Gasteiger partial charge in [-0.1, -0.05) is 20.8 Å². The molecule has 0 saturated heterocycles. The van der Waals surface area contributed by atoms with Gasteiger partial charge in [0.15, 0.2) is 0 Å². The van der Waals surface area contributed by atoms with Crippen LogP contribution < -0.4 is 5.32 Å². The third-order valence-electron chi connectivity index (χ3n) is 2.58. The van der Waals surface area contributed by atoms with E-state index in [9.17, 15) is 0 Å². The number of aryl methyl sites for hydroxylation is 2. The van der Waals surface area contributed by atoms with Crippen molar-refractivity contribution >= 4 is 5.82 Å². The highest BCUT2D eigenvalue weighted by molar-refractivity contribution is 5.48. The first-order valence-electron chi connectivity index (χ1n) is 6.21. The van der Waals surface area contributed by atoms with Gasteiger partial charge in [-0.15, -0.1) is 0 Å². The van der Waals surface area contributed by atoms with E-state index in [2.05, 4.69) is 49.9 Å². The van der Waals surface area contributed by atoms with Gasteiger partial charge in [-0.2, -0.15) is 0 Å². The molecule has 90 valence electrons. The van der Waals surface area contributed by atoms with Gasteiger partial charge < -0.3 is 5.32 Å². The van der Waals surface area contributed by atoms with Crippen LogP contribution in [0.1, 0.15) is 57.1 Å². The van der Waals surface area contributed by atoms with Crippen LogP contribution >= 0.6 is 0 Å². The summed E-state index contributed by atoms with van der Waals surface area (Å²) in [7, 11) is 0. The molecular formula is C13H23N3. The lowest BCUT2D eigenvalue weighted by atomic mass is 10.0. The number of nitrogens with zero attached hydrogens (tertiary/aromatic N) is 2. The second kappa shape index (κ2) is 5.83. The van der Waals surface area contributed by atoms with E-state index in [0.29, 0.717) is 5.92 Å². The van der Waals surface area contributed by atoms with Crippen LogP contribution in [0.25, 0.3) is 0 Å². The molecule has 0 amide bonds. The van der Waals surface area contributed by atoms with Gasteiger partial charge in [0.05, 0.1) is 0 Å². The molecule has 1 N–H and O–H groups in total. The smallest absolute Gasteiger partial charge is 0.133 e. The van der Waals surface area contributed by atoms with E-state index < -0.39 is 0 Å². The van der Waals surface area contributed by atoms with Crippen molar-refractivity contribution < 1.29 is 0 Å². The summed E-state index contributed by atoms with van der Waals surface area (Å²) in [6.07, 6.45) is 2.05. The first-order valence-corrected chi connectivity index (χ1v) is 6.21. The largest absolute Gasteiger partial charge is 0.370 e. The lowest BCUT2D eigenvalue weighted by Gasteiger charge is -2.16. The van der Waals surface area contributed by atoms with E-state index in [1.54, 1.807) is 0 Å². The monoisotopic (exact) mass is 221 g/mol. The zero-order valence-electron chi connectivity index (χ0n) is 11.1. The second-order valence-corrected chi connectivity index (χ2v) is 4.42. The summed E-state index contributed by atoms with van der Waals surface area (Å²) in [6.45, 7) is 11.6. The van der Waals surface area contributed by atoms with Gasteiger partial charge in [0.2, 0.25) is 0 Å². The lowest BCUT2D eigenvalue weighted by molar-refractivity contribution is 0.781. The maximum atomic E-state index is 4.61. The number of rotatable bonds is 5. The zero-order chi connectivity index (χ0) is 12.1. The Morgan fingerprint density at radius 2 is 1.88 bits per heavy atom. The van der Waals surface area contributed by atoms with Crippen LogP contribution in [0.3, 0.4) is 0 Å². The minimum atomic E-state index is 0.463. The molecule has 0 aliphatic heterocycles. The lowest BCUT2D eigenvalue weighted by Crippen LogP contribution is -2.11. The van der Waals surface area contributed by atoms with E-state index >= 15 is 0 Å². The Morgan fingerprint density at radius 3 is 2.38 bits per heavy atom. The standard InChI is InChI=1S/C13H23N3/c1-6-8-11-15-10(5)12(9(3)4)13(16-11)14-7-2/h9H,6-8H2,1-5H3,(H,14,15,16). The SMILES string of the molecule is CCCc1nc(C)c(C(C)C)c(NCC)n1. The molecule has 1 heterocycles. The molecule has 1 rings (SSSR count). The van der Waals surface area contributed by atoms with Crippen molar-refractivity contribution in [2.24, 2.45) is 0 Å². The van der Waals surface area contributed by atoms with Crippen LogP contribution in [0.15, 0.2) is 0 Å². The maximum absolute atomic E-state index is 4.61. The fraction of sp³-hybridized carbons (Fsp3) is 0.692. The minimum Gasteiger partial charge on any atom is -0.370 e. The predicted molar refractivity (Wildman–Crippen MR) is 69.0 cm³/mol. The third-order valence-corrected chi connectivity index (χ3v) is 2.58. The highest BCUT2D eigenvalue weighted by Gasteiger charge is 2.13. The highest BCUT2D eigenvalue weighted by atomic mass is 15.0. The van der Waals surface area contributed by atoms with Crippen molar-refractivity contribution in [1.82, 2.24) is 9.97 Å². The molecule has 0 radical (unpaired) electrons. The van der Waals surface area contributed by atoms with Crippen molar-refractivity contribution in [1.29, 1.82) is 0 Å². The highest BCUT2D eigenvalue weighted by Crippen LogP contribution is 2.25. The van der Waals surface area contributed by atoms with Crippen LogP contribution in [-0.2, 0) is 6.42 Å². The fourth-order valence-corrected chi connectivity index (χ4v) is 1.97.